The molecule has 1 aliphatic heterocycles. The number of nitrogens with zero attached hydrogens (tertiary/aromatic N) is 1. The molecule has 28 heavy (non-hydrogen) atoms. The first-order chi connectivity index (χ1) is 13.5. The summed E-state index contributed by atoms with van der Waals surface area (Å²) in [6.45, 7) is 0.627. The Morgan fingerprint density at radius 1 is 1.32 bits per heavy atom. The Balaban J connectivity index is 1.83. The molecule has 1 N–H and O–H groups in total. The van der Waals surface area contributed by atoms with E-state index in [-0.39, 0.29) is 30.8 Å². The number of amides is 1. The fourth-order valence-corrected chi connectivity index (χ4v) is 3.42. The fourth-order valence-electron chi connectivity index (χ4n) is 3.21. The van der Waals surface area contributed by atoms with Crippen molar-refractivity contribution in [2.45, 2.75) is 44.6 Å². The van der Waals surface area contributed by atoms with Crippen molar-refractivity contribution in [2.75, 3.05) is 19.8 Å². The standard InChI is InChI=1S/C21H26ClNO5/c22-17-6-3-5-16(13-17)14-19(24)10-9-18-7-4-8-20(25)23(18)11-1-2-12-28-15-21(26)27/h3,5-6,9-10,13,18H,1-2,4,7-8,11-12,14-15H2,(H,26,27)/b10-9+/t18-/m1/s1. The van der Waals surface area contributed by atoms with Crippen LogP contribution >= 0.6 is 11.6 Å². The summed E-state index contributed by atoms with van der Waals surface area (Å²) in [6, 6.07) is 7.14. The van der Waals surface area contributed by atoms with E-state index in [9.17, 15) is 14.4 Å². The Labute approximate surface area is 170 Å². The molecule has 1 heterocycles. The molecule has 1 saturated heterocycles. The number of rotatable bonds is 11. The molecule has 0 unspecified atom stereocenters. The maximum absolute atomic E-state index is 12.3. The van der Waals surface area contributed by atoms with Crippen LogP contribution in [0.1, 0.15) is 37.7 Å². The van der Waals surface area contributed by atoms with Gasteiger partial charge in [-0.05, 0) is 49.5 Å². The number of carboxylic acid groups (broad SMARTS) is 1. The summed E-state index contributed by atoms with van der Waals surface area (Å²) in [4.78, 5) is 36.7. The van der Waals surface area contributed by atoms with Gasteiger partial charge in [0.1, 0.15) is 6.61 Å². The van der Waals surface area contributed by atoms with Crippen LogP contribution in [0.5, 0.6) is 0 Å². The summed E-state index contributed by atoms with van der Waals surface area (Å²) in [6.07, 6.45) is 7.25. The fraction of sp³-hybridized carbons (Fsp3) is 0.476. The summed E-state index contributed by atoms with van der Waals surface area (Å²) in [5.74, 6) is -0.921. The van der Waals surface area contributed by atoms with E-state index < -0.39 is 5.97 Å². The van der Waals surface area contributed by atoms with Crippen molar-refractivity contribution in [1.29, 1.82) is 0 Å². The first kappa shape index (κ1) is 22.1. The van der Waals surface area contributed by atoms with Gasteiger partial charge in [0, 0.05) is 31.0 Å². The molecule has 0 aromatic heterocycles. The zero-order valence-electron chi connectivity index (χ0n) is 15.8. The minimum Gasteiger partial charge on any atom is -0.480 e. The average molecular weight is 408 g/mol. The molecular weight excluding hydrogens is 382 g/mol. The Kier molecular flexibility index (Phi) is 9.17. The van der Waals surface area contributed by atoms with Crippen LogP contribution in [0.15, 0.2) is 36.4 Å². The Morgan fingerprint density at radius 3 is 2.89 bits per heavy atom. The maximum atomic E-state index is 12.3. The first-order valence-electron chi connectivity index (χ1n) is 9.50. The summed E-state index contributed by atoms with van der Waals surface area (Å²) in [5.41, 5.74) is 0.861. The van der Waals surface area contributed by atoms with E-state index in [0.29, 0.717) is 31.0 Å². The third-order valence-corrected chi connectivity index (χ3v) is 4.78. The largest absolute Gasteiger partial charge is 0.480 e. The number of allylic oxidation sites excluding steroid dienone is 1. The molecule has 0 aliphatic carbocycles. The third kappa shape index (κ3) is 7.82. The molecule has 0 radical (unpaired) electrons. The van der Waals surface area contributed by atoms with Gasteiger partial charge in [-0.25, -0.2) is 4.79 Å². The van der Waals surface area contributed by atoms with Crippen molar-refractivity contribution >= 4 is 29.3 Å². The number of ether oxygens (including phenoxy) is 1. The number of unbranched alkanes of at least 4 members (excludes halogenated alkanes) is 1. The van der Waals surface area contributed by atoms with Crippen molar-refractivity contribution in [3.63, 3.8) is 0 Å². The van der Waals surface area contributed by atoms with E-state index in [2.05, 4.69) is 0 Å². The van der Waals surface area contributed by atoms with Crippen LogP contribution in [-0.2, 0) is 25.5 Å². The van der Waals surface area contributed by atoms with Crippen molar-refractivity contribution in [3.8, 4) is 0 Å². The number of likely N-dealkylation sites (tertiary alicyclic amines) is 1. The van der Waals surface area contributed by atoms with Crippen LogP contribution in [0, 0.1) is 0 Å². The van der Waals surface area contributed by atoms with Crippen LogP contribution in [0.25, 0.3) is 0 Å². The highest BCUT2D eigenvalue weighted by atomic mass is 35.5. The number of piperidine rings is 1. The summed E-state index contributed by atoms with van der Waals surface area (Å²) < 4.78 is 5.01. The summed E-state index contributed by atoms with van der Waals surface area (Å²) in [7, 11) is 0. The summed E-state index contributed by atoms with van der Waals surface area (Å²) in [5, 5.41) is 9.14. The maximum Gasteiger partial charge on any atom is 0.329 e. The number of halogens is 1. The lowest BCUT2D eigenvalue weighted by atomic mass is 9.99. The van der Waals surface area contributed by atoms with Gasteiger partial charge in [-0.1, -0.05) is 29.8 Å². The van der Waals surface area contributed by atoms with Gasteiger partial charge in [-0.15, -0.1) is 0 Å². The molecule has 2 rings (SSSR count). The van der Waals surface area contributed by atoms with E-state index in [1.165, 1.54) is 0 Å². The van der Waals surface area contributed by atoms with E-state index in [1.54, 1.807) is 18.2 Å². The molecule has 0 spiro atoms. The van der Waals surface area contributed by atoms with E-state index in [4.69, 9.17) is 21.4 Å². The molecular formula is C21H26ClNO5. The number of carboxylic acids is 1. The Hall–Kier alpha value is -2.18. The van der Waals surface area contributed by atoms with E-state index >= 15 is 0 Å². The molecule has 1 aliphatic rings. The van der Waals surface area contributed by atoms with Crippen molar-refractivity contribution < 1.29 is 24.2 Å². The lowest BCUT2D eigenvalue weighted by Crippen LogP contribution is -2.43. The third-order valence-electron chi connectivity index (χ3n) is 4.55. The van der Waals surface area contributed by atoms with E-state index in [0.717, 1.165) is 24.8 Å². The molecule has 0 saturated carbocycles. The second-order valence-electron chi connectivity index (χ2n) is 6.83. The lowest BCUT2D eigenvalue weighted by Gasteiger charge is -2.34. The van der Waals surface area contributed by atoms with Gasteiger partial charge < -0.3 is 14.7 Å². The highest BCUT2D eigenvalue weighted by Gasteiger charge is 2.25. The predicted octanol–water partition coefficient (Wildman–Crippen LogP) is 3.27. The van der Waals surface area contributed by atoms with Gasteiger partial charge in [0.25, 0.3) is 0 Å². The zero-order valence-corrected chi connectivity index (χ0v) is 16.6. The van der Waals surface area contributed by atoms with Crippen molar-refractivity contribution in [2.24, 2.45) is 0 Å². The van der Waals surface area contributed by atoms with E-state index in [1.807, 2.05) is 23.1 Å². The van der Waals surface area contributed by atoms with Crippen molar-refractivity contribution in [1.82, 2.24) is 4.90 Å². The molecule has 1 fully saturated rings. The first-order valence-corrected chi connectivity index (χ1v) is 9.88. The smallest absolute Gasteiger partial charge is 0.329 e. The predicted molar refractivity (Wildman–Crippen MR) is 106 cm³/mol. The molecule has 1 aromatic rings. The lowest BCUT2D eigenvalue weighted by molar-refractivity contribution is -0.142. The van der Waals surface area contributed by atoms with Gasteiger partial charge in [0.05, 0.1) is 6.04 Å². The van der Waals surface area contributed by atoms with Gasteiger partial charge >= 0.3 is 5.97 Å². The monoisotopic (exact) mass is 407 g/mol. The number of hydrogen-bond acceptors (Lipinski definition) is 4. The Bertz CT molecular complexity index is 719. The molecule has 0 bridgehead atoms. The second kappa shape index (κ2) is 11.6. The van der Waals surface area contributed by atoms with Crippen LogP contribution in [0.2, 0.25) is 5.02 Å². The Morgan fingerprint density at radius 2 is 2.14 bits per heavy atom. The van der Waals surface area contributed by atoms with Gasteiger partial charge in [-0.2, -0.15) is 0 Å². The molecule has 1 aromatic carbocycles. The number of benzene rings is 1. The highest BCUT2D eigenvalue weighted by molar-refractivity contribution is 6.30. The van der Waals surface area contributed by atoms with Gasteiger partial charge in [-0.3, -0.25) is 9.59 Å². The number of carbonyl (C=O) groups excluding carboxylic acids is 2. The average Bonchev–Trinajstić information content (AvgIpc) is 2.64. The number of aliphatic carboxylic acids is 1. The summed E-state index contributed by atoms with van der Waals surface area (Å²) >= 11 is 5.95. The molecule has 1 amide bonds. The molecule has 7 heteroatoms. The molecule has 152 valence electrons. The normalized spacial score (nSPS) is 17.2. The van der Waals surface area contributed by atoms with Crippen LogP contribution in [-0.4, -0.2) is 53.5 Å². The topological polar surface area (TPSA) is 83.9 Å². The van der Waals surface area contributed by atoms with Crippen LogP contribution in [0.3, 0.4) is 0 Å². The molecule has 1 atom stereocenters. The van der Waals surface area contributed by atoms with Crippen LogP contribution in [0.4, 0.5) is 0 Å². The van der Waals surface area contributed by atoms with Crippen molar-refractivity contribution in [3.05, 3.63) is 47.0 Å². The van der Waals surface area contributed by atoms with Gasteiger partial charge in [0.2, 0.25) is 5.91 Å². The van der Waals surface area contributed by atoms with Crippen LogP contribution < -0.4 is 0 Å². The number of ketones is 1. The number of hydrogen-bond donors (Lipinski definition) is 1. The SMILES string of the molecule is O=C(O)COCCCCN1C(=O)CCC[C@@H]1/C=C/C(=O)Cc1cccc(Cl)c1. The highest BCUT2D eigenvalue weighted by Crippen LogP contribution is 2.20. The number of carbonyl (C=O) groups is 3. The second-order valence-corrected chi connectivity index (χ2v) is 7.27. The minimum atomic E-state index is -0.987. The minimum absolute atomic E-state index is 0.0256. The zero-order chi connectivity index (χ0) is 20.4. The molecule has 6 nitrogen and oxygen atoms in total. The van der Waals surface area contributed by atoms with Gasteiger partial charge in [0.15, 0.2) is 5.78 Å². The quantitative estimate of drug-likeness (QED) is 0.449.